The summed E-state index contributed by atoms with van der Waals surface area (Å²) in [4.78, 5) is 21.4. The van der Waals surface area contributed by atoms with Gasteiger partial charge < -0.3 is 20.0 Å². The molecule has 0 spiro atoms. The van der Waals surface area contributed by atoms with Crippen molar-refractivity contribution in [2.75, 3.05) is 27.9 Å². The third kappa shape index (κ3) is 13.3. The zero-order valence-electron chi connectivity index (χ0n) is 13.6. The van der Waals surface area contributed by atoms with Crippen LogP contribution in [-0.4, -0.2) is 45.2 Å². The number of halogens is 1. The molecule has 0 atom stereocenters. The van der Waals surface area contributed by atoms with Crippen molar-refractivity contribution >= 4 is 23.8 Å². The van der Waals surface area contributed by atoms with E-state index in [2.05, 4.69) is 10.1 Å². The van der Waals surface area contributed by atoms with Crippen molar-refractivity contribution < 1.29 is 19.4 Å². The van der Waals surface area contributed by atoms with Gasteiger partial charge in [0.15, 0.2) is 0 Å². The number of amides is 1. The lowest BCUT2D eigenvalue weighted by Gasteiger charge is -2.03. The van der Waals surface area contributed by atoms with Crippen molar-refractivity contribution in [1.82, 2.24) is 5.32 Å². The van der Waals surface area contributed by atoms with Crippen molar-refractivity contribution in [1.29, 1.82) is 0 Å². The number of hydrogen-bond donors (Lipinski definition) is 2. The summed E-state index contributed by atoms with van der Waals surface area (Å²) in [6.45, 7) is 5.87. The molecule has 1 rings (SSSR count). The molecule has 0 aliphatic carbocycles. The summed E-state index contributed by atoms with van der Waals surface area (Å²) in [6, 6.07) is 5.01. The molecule has 0 fully saturated rings. The summed E-state index contributed by atoms with van der Waals surface area (Å²) in [5.41, 5.74) is 1.38. The molecule has 0 aliphatic rings. The number of aldehydes is 1. The van der Waals surface area contributed by atoms with Gasteiger partial charge in [-0.3, -0.25) is 4.79 Å². The van der Waals surface area contributed by atoms with Gasteiger partial charge in [0, 0.05) is 31.9 Å². The molecule has 2 N–H and O–H groups in total. The minimum Gasteiger partial charge on any atom is -0.400 e. The first-order valence-electron chi connectivity index (χ1n) is 6.39. The minimum atomic E-state index is -0.293. The van der Waals surface area contributed by atoms with Crippen molar-refractivity contribution in [2.45, 2.75) is 20.8 Å². The van der Waals surface area contributed by atoms with Crippen LogP contribution in [0.5, 0.6) is 0 Å². The van der Waals surface area contributed by atoms with Crippen LogP contribution in [0.4, 0.5) is 0 Å². The number of aliphatic hydroxyl groups is 1. The highest BCUT2D eigenvalue weighted by molar-refractivity contribution is 6.31. The standard InChI is InChI=1S/C10H10ClNO2.C2H6O.C2H6.CH4O/c1-7-2-3-8(6-9(7)11)10(14)12-4-5-13;1-3-2;2*1-2/h2-3,5-6H,4H2,1H3,(H,12,14);1-2H3;1-2H3;2H,1H3. The summed E-state index contributed by atoms with van der Waals surface area (Å²) in [6.07, 6.45) is 0.633. The topological polar surface area (TPSA) is 75.6 Å². The average Bonchev–Trinajstić information content (AvgIpc) is 2.52. The maximum absolute atomic E-state index is 11.3. The molecule has 0 aliphatic heterocycles. The van der Waals surface area contributed by atoms with Gasteiger partial charge in [-0.1, -0.05) is 31.5 Å². The number of methoxy groups -OCH3 is 1. The first-order chi connectivity index (χ1) is 10.1. The van der Waals surface area contributed by atoms with E-state index < -0.39 is 0 Å². The summed E-state index contributed by atoms with van der Waals surface area (Å²) in [5.74, 6) is -0.293. The predicted octanol–water partition coefficient (Wildman–Crippen LogP) is 2.47. The molecule has 122 valence electrons. The van der Waals surface area contributed by atoms with E-state index >= 15 is 0 Å². The van der Waals surface area contributed by atoms with Crippen LogP contribution in [0.1, 0.15) is 29.8 Å². The monoisotopic (exact) mass is 319 g/mol. The average molecular weight is 320 g/mol. The van der Waals surface area contributed by atoms with Crippen LogP contribution in [0.25, 0.3) is 0 Å². The lowest BCUT2D eigenvalue weighted by Crippen LogP contribution is -2.25. The van der Waals surface area contributed by atoms with Crippen molar-refractivity contribution in [3.63, 3.8) is 0 Å². The van der Waals surface area contributed by atoms with Gasteiger partial charge in [0.2, 0.25) is 0 Å². The van der Waals surface area contributed by atoms with Crippen LogP contribution >= 0.6 is 11.6 Å². The second kappa shape index (κ2) is 18.6. The third-order valence-corrected chi connectivity index (χ3v) is 2.19. The van der Waals surface area contributed by atoms with Crippen molar-refractivity contribution in [2.24, 2.45) is 0 Å². The Morgan fingerprint density at radius 2 is 1.81 bits per heavy atom. The van der Waals surface area contributed by atoms with E-state index in [9.17, 15) is 9.59 Å². The zero-order chi connectivity index (χ0) is 17.3. The van der Waals surface area contributed by atoms with E-state index in [4.69, 9.17) is 16.7 Å². The largest absolute Gasteiger partial charge is 0.400 e. The van der Waals surface area contributed by atoms with Gasteiger partial charge in [-0.25, -0.2) is 0 Å². The van der Waals surface area contributed by atoms with E-state index in [0.29, 0.717) is 16.9 Å². The Bertz CT molecular complexity index is 384. The summed E-state index contributed by atoms with van der Waals surface area (Å²) < 4.78 is 4.25. The van der Waals surface area contributed by atoms with Crippen LogP contribution in [0.2, 0.25) is 5.02 Å². The van der Waals surface area contributed by atoms with E-state index in [-0.39, 0.29) is 12.5 Å². The predicted molar refractivity (Wildman–Crippen MR) is 87.0 cm³/mol. The van der Waals surface area contributed by atoms with Crippen LogP contribution in [0.15, 0.2) is 18.2 Å². The number of carbonyl (C=O) groups is 2. The maximum Gasteiger partial charge on any atom is 0.251 e. The van der Waals surface area contributed by atoms with Gasteiger partial charge in [0.1, 0.15) is 6.29 Å². The first kappa shape index (κ1) is 24.6. The smallest absolute Gasteiger partial charge is 0.251 e. The van der Waals surface area contributed by atoms with Gasteiger partial charge >= 0.3 is 0 Å². The van der Waals surface area contributed by atoms with Crippen molar-refractivity contribution in [3.05, 3.63) is 34.3 Å². The Morgan fingerprint density at radius 1 is 1.33 bits per heavy atom. The molecule has 21 heavy (non-hydrogen) atoms. The Balaban J connectivity index is -0.000000399. The Labute approximate surface area is 132 Å². The maximum atomic E-state index is 11.3. The molecule has 0 saturated carbocycles. The molecule has 0 unspecified atom stereocenters. The fourth-order valence-electron chi connectivity index (χ4n) is 0.971. The van der Waals surface area contributed by atoms with Crippen LogP contribution < -0.4 is 5.32 Å². The molecule has 0 saturated heterocycles. The Hall–Kier alpha value is -1.43. The third-order valence-electron chi connectivity index (χ3n) is 1.78. The van der Waals surface area contributed by atoms with Crippen LogP contribution in [0.3, 0.4) is 0 Å². The minimum absolute atomic E-state index is 0.0182. The molecule has 1 aromatic rings. The highest BCUT2D eigenvalue weighted by Gasteiger charge is 2.05. The van der Waals surface area contributed by atoms with E-state index in [1.54, 1.807) is 32.4 Å². The van der Waals surface area contributed by atoms with Crippen LogP contribution in [0, 0.1) is 6.92 Å². The van der Waals surface area contributed by atoms with Gasteiger partial charge in [-0.2, -0.15) is 0 Å². The second-order valence-electron chi connectivity index (χ2n) is 3.25. The number of benzene rings is 1. The molecule has 0 radical (unpaired) electrons. The number of rotatable bonds is 3. The molecule has 1 amide bonds. The fraction of sp³-hybridized carbons (Fsp3) is 0.467. The fourth-order valence-corrected chi connectivity index (χ4v) is 1.15. The molecule has 0 heterocycles. The Kier molecular flexibility index (Phi) is 21.7. The molecular formula is C15H26ClNO4. The summed E-state index contributed by atoms with van der Waals surface area (Å²) >= 11 is 5.84. The van der Waals surface area contributed by atoms with Gasteiger partial charge in [0.25, 0.3) is 5.91 Å². The highest BCUT2D eigenvalue weighted by Crippen LogP contribution is 2.16. The van der Waals surface area contributed by atoms with E-state index in [1.807, 2.05) is 20.8 Å². The van der Waals surface area contributed by atoms with Gasteiger partial charge in [0.05, 0.1) is 6.54 Å². The molecular weight excluding hydrogens is 294 g/mol. The van der Waals surface area contributed by atoms with Crippen molar-refractivity contribution in [3.8, 4) is 0 Å². The number of carbonyl (C=O) groups excluding carboxylic acids is 2. The summed E-state index contributed by atoms with van der Waals surface area (Å²) in [5, 5.41) is 9.97. The zero-order valence-corrected chi connectivity index (χ0v) is 14.3. The highest BCUT2D eigenvalue weighted by atomic mass is 35.5. The number of ether oxygens (including phenoxy) is 1. The summed E-state index contributed by atoms with van der Waals surface area (Å²) in [7, 11) is 4.25. The molecule has 5 nitrogen and oxygen atoms in total. The van der Waals surface area contributed by atoms with Gasteiger partial charge in [-0.05, 0) is 24.6 Å². The Morgan fingerprint density at radius 3 is 2.19 bits per heavy atom. The number of hydrogen-bond acceptors (Lipinski definition) is 4. The second-order valence-corrected chi connectivity index (χ2v) is 3.66. The van der Waals surface area contributed by atoms with E-state index in [0.717, 1.165) is 12.7 Å². The molecule has 6 heteroatoms. The van der Waals surface area contributed by atoms with Gasteiger partial charge in [-0.15, -0.1) is 0 Å². The molecule has 0 bridgehead atoms. The normalized spacial score (nSPS) is 7.81. The number of nitrogens with one attached hydrogen (secondary N) is 1. The number of aliphatic hydroxyl groups excluding tert-OH is 1. The van der Waals surface area contributed by atoms with E-state index in [1.165, 1.54) is 0 Å². The lowest BCUT2D eigenvalue weighted by atomic mass is 10.1. The molecule has 1 aromatic carbocycles. The first-order valence-corrected chi connectivity index (χ1v) is 6.77. The SMILES string of the molecule is CC.CO.COC.Cc1ccc(C(=O)NCC=O)cc1Cl. The van der Waals surface area contributed by atoms with Crippen LogP contribution in [-0.2, 0) is 9.53 Å². The molecule has 0 aromatic heterocycles. The quantitative estimate of drug-likeness (QED) is 0.839. The lowest BCUT2D eigenvalue weighted by molar-refractivity contribution is -0.107. The number of aryl methyl sites for hydroxylation is 1.